The molecule has 196 valence electrons. The van der Waals surface area contributed by atoms with Crippen LogP contribution < -0.4 is 25.4 Å². The highest BCUT2D eigenvalue weighted by atomic mass is 32.2. The van der Waals surface area contributed by atoms with Crippen LogP contribution in [0, 0.1) is 6.92 Å². The number of nitrogens with one attached hydrogen (secondary N) is 3. The molecule has 0 spiro atoms. The van der Waals surface area contributed by atoms with Gasteiger partial charge in [-0.3, -0.25) is 5.32 Å². The summed E-state index contributed by atoms with van der Waals surface area (Å²) in [6.45, 7) is 5.93. The summed E-state index contributed by atoms with van der Waals surface area (Å²) in [5.41, 5.74) is 1.76. The second-order valence-corrected chi connectivity index (χ2v) is 9.83. The maximum atomic E-state index is 12.9. The van der Waals surface area contributed by atoms with E-state index in [1.165, 1.54) is 29.6 Å². The van der Waals surface area contributed by atoms with Gasteiger partial charge >= 0.3 is 12.1 Å². The standard InChI is InChI=1S/C26H30N4O6S/c1-5-30(6-2)37(33,34)21-14-15-24(35-4)23(17-21)29-25(31)28-22-16-19(13-12-18(22)3)27-26(32)36-20-10-8-7-9-11-20/h7-17H,5-6H2,1-4H3,(H,27,32)(H2,28,29,31). The summed E-state index contributed by atoms with van der Waals surface area (Å²) in [5, 5.41) is 7.99. The summed E-state index contributed by atoms with van der Waals surface area (Å²) in [4.78, 5) is 25.1. The Morgan fingerprint density at radius 3 is 2.19 bits per heavy atom. The molecule has 0 aliphatic heterocycles. The molecule has 3 N–H and O–H groups in total. The maximum Gasteiger partial charge on any atom is 0.417 e. The fourth-order valence-electron chi connectivity index (χ4n) is 3.51. The first-order chi connectivity index (χ1) is 17.7. The Kier molecular flexibility index (Phi) is 9.10. The van der Waals surface area contributed by atoms with Crippen LogP contribution in [0.1, 0.15) is 19.4 Å². The van der Waals surface area contributed by atoms with Crippen molar-refractivity contribution in [3.05, 3.63) is 72.3 Å². The normalized spacial score (nSPS) is 11.1. The third-order valence-electron chi connectivity index (χ3n) is 5.45. The highest BCUT2D eigenvalue weighted by molar-refractivity contribution is 7.89. The molecular formula is C26H30N4O6S. The number of aryl methyl sites for hydroxylation is 1. The average molecular weight is 527 g/mol. The van der Waals surface area contributed by atoms with Crippen LogP contribution in [0.3, 0.4) is 0 Å². The third kappa shape index (κ3) is 6.99. The molecule has 37 heavy (non-hydrogen) atoms. The fourth-order valence-corrected chi connectivity index (χ4v) is 4.99. The third-order valence-corrected chi connectivity index (χ3v) is 7.49. The Bertz CT molecular complexity index is 1360. The molecule has 0 fully saturated rings. The minimum absolute atomic E-state index is 0.0339. The van der Waals surface area contributed by atoms with Gasteiger partial charge in [0.15, 0.2) is 0 Å². The molecule has 0 unspecified atom stereocenters. The van der Waals surface area contributed by atoms with Crippen LogP contribution >= 0.6 is 0 Å². The Balaban J connectivity index is 1.75. The monoisotopic (exact) mass is 526 g/mol. The van der Waals surface area contributed by atoms with Crippen LogP contribution in [0.25, 0.3) is 0 Å². The van der Waals surface area contributed by atoms with Gasteiger partial charge in [0.1, 0.15) is 11.5 Å². The van der Waals surface area contributed by atoms with Gasteiger partial charge in [-0.25, -0.2) is 18.0 Å². The van der Waals surface area contributed by atoms with Gasteiger partial charge in [0, 0.05) is 24.5 Å². The van der Waals surface area contributed by atoms with E-state index < -0.39 is 22.1 Å². The summed E-state index contributed by atoms with van der Waals surface area (Å²) >= 11 is 0. The van der Waals surface area contributed by atoms with Crippen molar-refractivity contribution in [3.8, 4) is 11.5 Å². The lowest BCUT2D eigenvalue weighted by molar-refractivity contribution is 0.215. The number of sulfonamides is 1. The molecule has 0 atom stereocenters. The van der Waals surface area contributed by atoms with Gasteiger partial charge in [0.25, 0.3) is 0 Å². The number of hydrogen-bond acceptors (Lipinski definition) is 6. The maximum absolute atomic E-state index is 12.9. The van der Waals surface area contributed by atoms with E-state index in [4.69, 9.17) is 9.47 Å². The number of carbonyl (C=O) groups excluding carboxylic acids is 2. The lowest BCUT2D eigenvalue weighted by atomic mass is 10.2. The number of anilines is 3. The molecule has 0 heterocycles. The molecule has 3 aromatic rings. The van der Waals surface area contributed by atoms with Crippen molar-refractivity contribution >= 4 is 39.2 Å². The molecule has 0 bridgehead atoms. The number of nitrogens with zero attached hydrogens (tertiary/aromatic N) is 1. The van der Waals surface area contributed by atoms with Crippen LogP contribution in [0.2, 0.25) is 0 Å². The fraction of sp³-hybridized carbons (Fsp3) is 0.231. The second kappa shape index (κ2) is 12.2. The Morgan fingerprint density at radius 2 is 1.54 bits per heavy atom. The number of hydrogen-bond donors (Lipinski definition) is 3. The highest BCUT2D eigenvalue weighted by Gasteiger charge is 2.23. The van der Waals surface area contributed by atoms with Gasteiger partial charge in [0.05, 0.1) is 17.7 Å². The first-order valence-corrected chi connectivity index (χ1v) is 13.0. The van der Waals surface area contributed by atoms with Crippen LogP contribution in [0.15, 0.2) is 71.6 Å². The minimum Gasteiger partial charge on any atom is -0.495 e. The van der Waals surface area contributed by atoms with Gasteiger partial charge in [-0.2, -0.15) is 4.31 Å². The Hall–Kier alpha value is -4.09. The first-order valence-electron chi connectivity index (χ1n) is 11.6. The SMILES string of the molecule is CCN(CC)S(=O)(=O)c1ccc(OC)c(NC(=O)Nc2cc(NC(=O)Oc3ccccc3)ccc2C)c1. The van der Waals surface area contributed by atoms with Crippen molar-refractivity contribution in [2.45, 2.75) is 25.7 Å². The smallest absolute Gasteiger partial charge is 0.417 e. The van der Waals surface area contributed by atoms with Gasteiger partial charge in [-0.15, -0.1) is 0 Å². The van der Waals surface area contributed by atoms with Gasteiger partial charge in [-0.05, 0) is 55.0 Å². The van der Waals surface area contributed by atoms with Crippen molar-refractivity contribution in [3.63, 3.8) is 0 Å². The number of para-hydroxylation sites is 1. The van der Waals surface area contributed by atoms with Crippen LogP contribution in [-0.2, 0) is 10.0 Å². The number of urea groups is 1. The number of ether oxygens (including phenoxy) is 2. The van der Waals surface area contributed by atoms with E-state index in [1.54, 1.807) is 63.2 Å². The number of carbonyl (C=O) groups is 2. The number of methoxy groups -OCH3 is 1. The molecule has 0 aromatic heterocycles. The molecule has 3 aromatic carbocycles. The van der Waals surface area contributed by atoms with Crippen LogP contribution in [0.5, 0.6) is 11.5 Å². The van der Waals surface area contributed by atoms with E-state index in [-0.39, 0.29) is 10.6 Å². The summed E-state index contributed by atoms with van der Waals surface area (Å²) in [7, 11) is -2.31. The lowest BCUT2D eigenvalue weighted by Crippen LogP contribution is -2.30. The molecule has 0 aliphatic carbocycles. The number of benzene rings is 3. The van der Waals surface area contributed by atoms with Crippen molar-refractivity contribution in [2.75, 3.05) is 36.1 Å². The van der Waals surface area contributed by atoms with E-state index >= 15 is 0 Å². The molecule has 11 heteroatoms. The molecule has 0 radical (unpaired) electrons. The van der Waals surface area contributed by atoms with E-state index in [2.05, 4.69) is 16.0 Å². The largest absolute Gasteiger partial charge is 0.495 e. The number of rotatable bonds is 9. The second-order valence-electron chi connectivity index (χ2n) is 7.89. The molecule has 0 aliphatic rings. The van der Waals surface area contributed by atoms with Crippen molar-refractivity contribution in [1.82, 2.24) is 4.31 Å². The van der Waals surface area contributed by atoms with Gasteiger partial charge in [-0.1, -0.05) is 38.1 Å². The van der Waals surface area contributed by atoms with Gasteiger partial charge in [0.2, 0.25) is 10.0 Å². The van der Waals surface area contributed by atoms with Crippen molar-refractivity contribution in [2.24, 2.45) is 0 Å². The predicted octanol–water partition coefficient (Wildman–Crippen LogP) is 5.29. The zero-order valence-corrected chi connectivity index (χ0v) is 21.9. The van der Waals surface area contributed by atoms with Crippen LogP contribution in [-0.4, -0.2) is 45.0 Å². The molecule has 3 amide bonds. The summed E-state index contributed by atoms with van der Waals surface area (Å²) in [5.74, 6) is 0.688. The number of amides is 3. The van der Waals surface area contributed by atoms with Crippen molar-refractivity contribution in [1.29, 1.82) is 0 Å². The Labute approximate surface area is 216 Å². The zero-order chi connectivity index (χ0) is 27.0. The lowest BCUT2D eigenvalue weighted by Gasteiger charge is -2.20. The van der Waals surface area contributed by atoms with E-state index in [0.717, 1.165) is 5.56 Å². The summed E-state index contributed by atoms with van der Waals surface area (Å²) in [6.07, 6.45) is -0.679. The topological polar surface area (TPSA) is 126 Å². The first kappa shape index (κ1) is 27.5. The van der Waals surface area contributed by atoms with Crippen molar-refractivity contribution < 1.29 is 27.5 Å². The molecule has 0 saturated heterocycles. The summed E-state index contributed by atoms with van der Waals surface area (Å²) in [6, 6.07) is 17.3. The molecule has 0 saturated carbocycles. The van der Waals surface area contributed by atoms with Gasteiger partial charge < -0.3 is 20.1 Å². The van der Waals surface area contributed by atoms with E-state index in [0.29, 0.717) is 36.0 Å². The van der Waals surface area contributed by atoms with E-state index in [1.807, 2.05) is 6.07 Å². The average Bonchev–Trinajstić information content (AvgIpc) is 2.87. The molecular weight excluding hydrogens is 496 g/mol. The minimum atomic E-state index is -3.74. The quantitative estimate of drug-likeness (QED) is 0.348. The highest BCUT2D eigenvalue weighted by Crippen LogP contribution is 2.29. The van der Waals surface area contributed by atoms with E-state index in [9.17, 15) is 18.0 Å². The zero-order valence-electron chi connectivity index (χ0n) is 21.1. The Morgan fingerprint density at radius 1 is 0.865 bits per heavy atom. The predicted molar refractivity (Wildman–Crippen MR) is 143 cm³/mol. The molecule has 3 rings (SSSR count). The summed E-state index contributed by atoms with van der Waals surface area (Å²) < 4.78 is 37.7. The van der Waals surface area contributed by atoms with Crippen LogP contribution in [0.4, 0.5) is 26.7 Å². The molecule has 10 nitrogen and oxygen atoms in total.